The number of anilines is 1. The Bertz CT molecular complexity index is 1220. The fraction of sp³-hybridized carbons (Fsp3) is 0.758. The number of nitrogens with zero attached hydrogens (tertiary/aromatic N) is 3. The van der Waals surface area contributed by atoms with Gasteiger partial charge in [0.25, 0.3) is 0 Å². The fourth-order valence-electron chi connectivity index (χ4n) is 7.65. The lowest BCUT2D eigenvalue weighted by Crippen LogP contribution is -2.54. The van der Waals surface area contributed by atoms with Crippen molar-refractivity contribution in [3.05, 3.63) is 18.3 Å². The van der Waals surface area contributed by atoms with E-state index in [0.717, 1.165) is 51.4 Å². The Morgan fingerprint density at radius 2 is 1.65 bits per heavy atom. The second-order valence-corrected chi connectivity index (χ2v) is 14.8. The van der Waals surface area contributed by atoms with Gasteiger partial charge in [0.2, 0.25) is 23.6 Å². The number of rotatable bonds is 8. The van der Waals surface area contributed by atoms with Crippen molar-refractivity contribution in [2.24, 2.45) is 17.8 Å². The predicted molar refractivity (Wildman–Crippen MR) is 174 cm³/mol. The van der Waals surface area contributed by atoms with Crippen LogP contribution in [0.25, 0.3) is 0 Å². The van der Waals surface area contributed by atoms with Gasteiger partial charge in [0, 0.05) is 55.5 Å². The summed E-state index contributed by atoms with van der Waals surface area (Å²) in [7, 11) is 0. The number of hydrogen-bond acceptors (Lipinski definition) is 8. The lowest BCUT2D eigenvalue weighted by atomic mass is 9.84. The summed E-state index contributed by atoms with van der Waals surface area (Å²) in [5, 5.41) is 6.15. The molecule has 46 heavy (non-hydrogen) atoms. The second kappa shape index (κ2) is 15.4. The molecule has 1 aromatic heterocycles. The first-order chi connectivity index (χ1) is 22.2. The topological polar surface area (TPSA) is 122 Å². The molecule has 0 radical (unpaired) electrons. The van der Waals surface area contributed by atoms with Crippen LogP contribution in [0.1, 0.15) is 64.7 Å². The lowest BCUT2D eigenvalue weighted by molar-refractivity contribution is -0.143. The number of halogens is 2. The number of amides is 3. The maximum Gasteiger partial charge on any atom is 0.236 e. The first kappa shape index (κ1) is 33.7. The van der Waals surface area contributed by atoms with Gasteiger partial charge in [-0.05, 0) is 69.8 Å². The SMILES string of the molecule is CC1CC(NCC(=O)N2CCN(C(=O)C3CCC4OCOC4C3)CC2)CCC1Oc1ccc(NC(=O)C2CCC(Cl)C(Cl)C2)cn1. The number of alkyl halides is 2. The number of aromatic nitrogens is 1. The van der Waals surface area contributed by atoms with Crippen LogP contribution in [0.3, 0.4) is 0 Å². The van der Waals surface area contributed by atoms with E-state index in [1.807, 2.05) is 15.9 Å². The molecule has 0 spiro atoms. The predicted octanol–water partition coefficient (Wildman–Crippen LogP) is 3.77. The van der Waals surface area contributed by atoms with Crippen molar-refractivity contribution in [3.8, 4) is 5.88 Å². The van der Waals surface area contributed by atoms with Gasteiger partial charge in [0.15, 0.2) is 0 Å². The van der Waals surface area contributed by atoms with Crippen LogP contribution in [-0.4, -0.2) is 107 Å². The Labute approximate surface area is 281 Å². The third-order valence-corrected chi connectivity index (χ3v) is 11.7. The van der Waals surface area contributed by atoms with E-state index in [1.165, 1.54) is 0 Å². The first-order valence-electron chi connectivity index (χ1n) is 17.0. The van der Waals surface area contributed by atoms with Crippen LogP contribution < -0.4 is 15.4 Å². The summed E-state index contributed by atoms with van der Waals surface area (Å²) in [6.45, 7) is 5.10. The number of hydrogen-bond donors (Lipinski definition) is 2. The van der Waals surface area contributed by atoms with Crippen LogP contribution in [-0.2, 0) is 23.9 Å². The zero-order valence-electron chi connectivity index (χ0n) is 26.6. The summed E-state index contributed by atoms with van der Waals surface area (Å²) >= 11 is 12.5. The van der Waals surface area contributed by atoms with E-state index in [-0.39, 0.29) is 70.6 Å². The minimum absolute atomic E-state index is 0.0117. The Hall–Kier alpha value is -2.18. The van der Waals surface area contributed by atoms with E-state index in [9.17, 15) is 14.4 Å². The zero-order valence-corrected chi connectivity index (χ0v) is 28.1. The molecule has 0 aromatic carbocycles. The molecular weight excluding hydrogens is 633 g/mol. The van der Waals surface area contributed by atoms with E-state index in [4.69, 9.17) is 37.4 Å². The number of pyridine rings is 1. The largest absolute Gasteiger partial charge is 0.474 e. The Morgan fingerprint density at radius 3 is 2.39 bits per heavy atom. The summed E-state index contributed by atoms with van der Waals surface area (Å²) in [5.74, 6) is 0.884. The molecule has 13 heteroatoms. The van der Waals surface area contributed by atoms with Crippen molar-refractivity contribution in [3.63, 3.8) is 0 Å². The monoisotopic (exact) mass is 679 g/mol. The van der Waals surface area contributed by atoms with Crippen molar-refractivity contribution in [2.75, 3.05) is 44.8 Å². The van der Waals surface area contributed by atoms with Crippen molar-refractivity contribution >= 4 is 46.6 Å². The molecule has 1 aromatic rings. The molecule has 5 fully saturated rings. The highest BCUT2D eigenvalue weighted by Gasteiger charge is 2.40. The number of carbonyl (C=O) groups is 3. The summed E-state index contributed by atoms with van der Waals surface area (Å²) in [6.07, 6.45) is 8.99. The molecule has 3 aliphatic carbocycles. The maximum absolute atomic E-state index is 13.1. The van der Waals surface area contributed by atoms with Crippen LogP contribution in [0.5, 0.6) is 5.88 Å². The van der Waals surface area contributed by atoms with Gasteiger partial charge in [-0.15, -0.1) is 23.2 Å². The van der Waals surface area contributed by atoms with E-state index in [0.29, 0.717) is 57.5 Å². The molecule has 254 valence electrons. The van der Waals surface area contributed by atoms with Gasteiger partial charge in [-0.3, -0.25) is 14.4 Å². The second-order valence-electron chi connectivity index (χ2n) is 13.7. The summed E-state index contributed by atoms with van der Waals surface area (Å²) in [5.41, 5.74) is 0.631. The fourth-order valence-corrected chi connectivity index (χ4v) is 8.22. The summed E-state index contributed by atoms with van der Waals surface area (Å²) in [6, 6.07) is 3.85. The van der Waals surface area contributed by atoms with Gasteiger partial charge < -0.3 is 34.6 Å². The van der Waals surface area contributed by atoms with Crippen molar-refractivity contribution in [1.29, 1.82) is 0 Å². The van der Waals surface area contributed by atoms with Gasteiger partial charge in [-0.25, -0.2) is 4.98 Å². The highest BCUT2D eigenvalue weighted by molar-refractivity contribution is 6.30. The van der Waals surface area contributed by atoms with Crippen LogP contribution in [0, 0.1) is 17.8 Å². The highest BCUT2D eigenvalue weighted by atomic mass is 35.5. The number of ether oxygens (including phenoxy) is 3. The Morgan fingerprint density at radius 1 is 0.891 bits per heavy atom. The lowest BCUT2D eigenvalue weighted by Gasteiger charge is -2.38. The van der Waals surface area contributed by atoms with Gasteiger partial charge in [-0.1, -0.05) is 6.92 Å². The summed E-state index contributed by atoms with van der Waals surface area (Å²) < 4.78 is 17.5. The third-order valence-electron chi connectivity index (χ3n) is 10.6. The molecule has 3 amide bonds. The molecule has 3 saturated carbocycles. The van der Waals surface area contributed by atoms with Crippen LogP contribution in [0.2, 0.25) is 0 Å². The molecule has 11 nitrogen and oxygen atoms in total. The Balaban J connectivity index is 0.876. The van der Waals surface area contributed by atoms with E-state index < -0.39 is 0 Å². The molecule has 5 aliphatic rings. The number of piperazine rings is 1. The van der Waals surface area contributed by atoms with Crippen LogP contribution >= 0.6 is 23.2 Å². The van der Waals surface area contributed by atoms with E-state index >= 15 is 0 Å². The third kappa shape index (κ3) is 8.27. The molecule has 2 saturated heterocycles. The average Bonchev–Trinajstić information content (AvgIpc) is 3.55. The smallest absolute Gasteiger partial charge is 0.236 e. The van der Waals surface area contributed by atoms with Gasteiger partial charge in [0.05, 0.1) is 36.0 Å². The first-order valence-corrected chi connectivity index (χ1v) is 17.9. The number of carbonyl (C=O) groups excluding carboxylic acids is 3. The molecule has 9 atom stereocenters. The van der Waals surface area contributed by atoms with Gasteiger partial charge >= 0.3 is 0 Å². The van der Waals surface area contributed by atoms with Crippen LogP contribution in [0.15, 0.2) is 18.3 Å². The number of nitrogens with one attached hydrogen (secondary N) is 2. The van der Waals surface area contributed by atoms with E-state index in [2.05, 4.69) is 22.5 Å². The van der Waals surface area contributed by atoms with E-state index in [1.54, 1.807) is 12.3 Å². The van der Waals surface area contributed by atoms with Crippen molar-refractivity contribution < 1.29 is 28.6 Å². The highest BCUT2D eigenvalue weighted by Crippen LogP contribution is 2.34. The van der Waals surface area contributed by atoms with Gasteiger partial charge in [0.1, 0.15) is 12.9 Å². The maximum atomic E-state index is 13.1. The standard InChI is InChI=1S/C33H47Cl2N5O6/c1-20-14-23(4-8-27(20)46-30-9-5-24(17-37-30)38-32(42)21-2-6-25(34)26(35)15-21)36-18-31(41)39-10-12-40(13-11-39)33(43)22-3-7-28-29(16-22)45-19-44-28/h5,9,17,20-23,25-29,36H,2-4,6-8,10-16,18-19H2,1H3,(H,38,42). The van der Waals surface area contributed by atoms with Crippen molar-refractivity contribution in [1.82, 2.24) is 20.1 Å². The molecular formula is C33H47Cl2N5O6. The molecule has 0 bridgehead atoms. The van der Waals surface area contributed by atoms with Gasteiger partial charge in [-0.2, -0.15) is 0 Å². The Kier molecular flexibility index (Phi) is 11.3. The normalized spacial score (nSPS) is 34.9. The molecule has 6 rings (SSSR count). The minimum atomic E-state index is -0.189. The molecule has 3 heterocycles. The summed E-state index contributed by atoms with van der Waals surface area (Å²) in [4.78, 5) is 47.0. The molecule has 2 aliphatic heterocycles. The molecule has 2 N–H and O–H groups in total. The van der Waals surface area contributed by atoms with Crippen molar-refractivity contribution in [2.45, 2.75) is 99.8 Å². The molecule has 9 unspecified atom stereocenters. The number of fused-ring (bicyclic) bond motifs is 1. The average molecular weight is 681 g/mol. The minimum Gasteiger partial charge on any atom is -0.474 e. The quantitative estimate of drug-likeness (QED) is 0.399. The zero-order chi connectivity index (χ0) is 32.2. The van der Waals surface area contributed by atoms with Crippen LogP contribution in [0.4, 0.5) is 5.69 Å².